The SMILES string of the molecule is O=S(=O)(/C=C/c1ccc(Cl)cc1)NCC(O)C1CC1. The number of sulfonamides is 1. The molecule has 1 unspecified atom stereocenters. The summed E-state index contributed by atoms with van der Waals surface area (Å²) < 4.78 is 25.7. The van der Waals surface area contributed by atoms with E-state index in [0.29, 0.717) is 5.02 Å². The van der Waals surface area contributed by atoms with Crippen LogP contribution in [0.2, 0.25) is 5.02 Å². The summed E-state index contributed by atoms with van der Waals surface area (Å²) >= 11 is 5.74. The second-order valence-electron chi connectivity index (χ2n) is 4.65. The van der Waals surface area contributed by atoms with Crippen molar-refractivity contribution in [3.8, 4) is 0 Å². The van der Waals surface area contributed by atoms with E-state index in [1.54, 1.807) is 24.3 Å². The maximum absolute atomic E-state index is 11.7. The molecule has 1 aliphatic carbocycles. The van der Waals surface area contributed by atoms with Gasteiger partial charge < -0.3 is 5.11 Å². The van der Waals surface area contributed by atoms with Crippen molar-refractivity contribution in [1.29, 1.82) is 0 Å². The first kappa shape index (κ1) is 14.5. The molecule has 0 aliphatic heterocycles. The fourth-order valence-electron chi connectivity index (χ4n) is 1.64. The smallest absolute Gasteiger partial charge is 0.233 e. The van der Waals surface area contributed by atoms with Gasteiger partial charge in [0.1, 0.15) is 0 Å². The molecule has 0 heterocycles. The highest BCUT2D eigenvalue weighted by Crippen LogP contribution is 2.32. The Morgan fingerprint density at radius 3 is 2.58 bits per heavy atom. The van der Waals surface area contributed by atoms with Crippen LogP contribution in [0.15, 0.2) is 29.7 Å². The van der Waals surface area contributed by atoms with Crippen molar-refractivity contribution in [2.45, 2.75) is 18.9 Å². The lowest BCUT2D eigenvalue weighted by Gasteiger charge is -2.08. The largest absolute Gasteiger partial charge is 0.391 e. The molecule has 0 bridgehead atoms. The molecule has 0 radical (unpaired) electrons. The molecular formula is C13H16ClNO3S. The Labute approximate surface area is 118 Å². The van der Waals surface area contributed by atoms with Gasteiger partial charge in [0.15, 0.2) is 0 Å². The van der Waals surface area contributed by atoms with Crippen LogP contribution in [0.5, 0.6) is 0 Å². The zero-order valence-electron chi connectivity index (χ0n) is 10.3. The third-order valence-electron chi connectivity index (χ3n) is 2.97. The van der Waals surface area contributed by atoms with Crippen LogP contribution in [-0.2, 0) is 10.0 Å². The summed E-state index contributed by atoms with van der Waals surface area (Å²) in [5.74, 6) is 0.253. The van der Waals surface area contributed by atoms with Crippen LogP contribution in [-0.4, -0.2) is 26.2 Å². The van der Waals surface area contributed by atoms with Gasteiger partial charge in [-0.1, -0.05) is 23.7 Å². The average molecular weight is 302 g/mol. The third-order valence-corrected chi connectivity index (χ3v) is 4.28. The van der Waals surface area contributed by atoms with E-state index in [2.05, 4.69) is 4.72 Å². The number of rotatable bonds is 6. The van der Waals surface area contributed by atoms with Crippen LogP contribution in [0.25, 0.3) is 6.08 Å². The summed E-state index contributed by atoms with van der Waals surface area (Å²) in [4.78, 5) is 0. The topological polar surface area (TPSA) is 66.4 Å². The van der Waals surface area contributed by atoms with Crippen LogP contribution in [0.4, 0.5) is 0 Å². The van der Waals surface area contributed by atoms with E-state index >= 15 is 0 Å². The number of benzene rings is 1. The number of aliphatic hydroxyl groups is 1. The van der Waals surface area contributed by atoms with Crippen molar-refractivity contribution >= 4 is 27.7 Å². The van der Waals surface area contributed by atoms with Crippen LogP contribution in [0, 0.1) is 5.92 Å². The molecule has 2 N–H and O–H groups in total. The second kappa shape index (κ2) is 6.05. The van der Waals surface area contributed by atoms with Gasteiger partial charge in [0.25, 0.3) is 0 Å². The van der Waals surface area contributed by atoms with Gasteiger partial charge in [-0.3, -0.25) is 0 Å². The molecule has 0 spiro atoms. The fourth-order valence-corrected chi connectivity index (χ4v) is 2.60. The second-order valence-corrected chi connectivity index (χ2v) is 6.74. The van der Waals surface area contributed by atoms with Crippen molar-refractivity contribution in [3.05, 3.63) is 40.3 Å². The summed E-state index contributed by atoms with van der Waals surface area (Å²) in [7, 11) is -3.51. The Bertz CT molecular complexity index is 550. The van der Waals surface area contributed by atoms with Crippen LogP contribution in [0.1, 0.15) is 18.4 Å². The summed E-state index contributed by atoms with van der Waals surface area (Å²) in [6, 6.07) is 6.84. The summed E-state index contributed by atoms with van der Waals surface area (Å²) in [5.41, 5.74) is 0.748. The molecule has 1 aromatic carbocycles. The van der Waals surface area contributed by atoms with Gasteiger partial charge >= 0.3 is 0 Å². The Hall–Kier alpha value is -0.880. The lowest BCUT2D eigenvalue weighted by molar-refractivity contribution is 0.155. The first-order valence-electron chi connectivity index (χ1n) is 6.08. The van der Waals surface area contributed by atoms with Crippen molar-refractivity contribution in [2.75, 3.05) is 6.54 Å². The van der Waals surface area contributed by atoms with E-state index in [-0.39, 0.29) is 12.5 Å². The lowest BCUT2D eigenvalue weighted by atomic mass is 10.2. The first-order valence-corrected chi connectivity index (χ1v) is 8.00. The van der Waals surface area contributed by atoms with Gasteiger partial charge in [0.2, 0.25) is 10.0 Å². The Morgan fingerprint density at radius 1 is 1.37 bits per heavy atom. The van der Waals surface area contributed by atoms with E-state index in [0.717, 1.165) is 23.8 Å². The molecule has 1 atom stereocenters. The van der Waals surface area contributed by atoms with Crippen molar-refractivity contribution in [2.24, 2.45) is 5.92 Å². The quantitative estimate of drug-likeness (QED) is 0.844. The zero-order valence-corrected chi connectivity index (χ0v) is 11.9. The number of aliphatic hydroxyl groups excluding tert-OH is 1. The normalized spacial score (nSPS) is 17.8. The van der Waals surface area contributed by atoms with E-state index in [4.69, 9.17) is 11.6 Å². The molecule has 0 saturated heterocycles. The average Bonchev–Trinajstić information content (AvgIpc) is 3.20. The highest BCUT2D eigenvalue weighted by Gasteiger charge is 2.29. The maximum Gasteiger partial charge on any atom is 0.233 e. The minimum atomic E-state index is -3.51. The molecule has 104 valence electrons. The fraction of sp³-hybridized carbons (Fsp3) is 0.385. The number of hydrogen-bond donors (Lipinski definition) is 2. The van der Waals surface area contributed by atoms with Crippen LogP contribution >= 0.6 is 11.6 Å². The minimum Gasteiger partial charge on any atom is -0.391 e. The first-order chi connectivity index (χ1) is 8.96. The van der Waals surface area contributed by atoms with Gasteiger partial charge in [0.05, 0.1) is 6.10 Å². The van der Waals surface area contributed by atoms with E-state index in [1.807, 2.05) is 0 Å². The molecule has 1 aliphatic rings. The standard InChI is InChI=1S/C13H16ClNO3S/c14-12-5-1-10(2-6-12)7-8-19(17,18)15-9-13(16)11-3-4-11/h1-2,5-8,11,13,15-16H,3-4,9H2/b8-7+. The molecule has 6 heteroatoms. The van der Waals surface area contributed by atoms with E-state index in [1.165, 1.54) is 6.08 Å². The predicted molar refractivity (Wildman–Crippen MR) is 76.1 cm³/mol. The minimum absolute atomic E-state index is 0.0674. The monoisotopic (exact) mass is 301 g/mol. The molecule has 19 heavy (non-hydrogen) atoms. The highest BCUT2D eigenvalue weighted by molar-refractivity contribution is 7.92. The Balaban J connectivity index is 1.90. The number of hydrogen-bond acceptors (Lipinski definition) is 3. The molecule has 0 aromatic heterocycles. The summed E-state index contributed by atoms with van der Waals surface area (Å²) in [5, 5.41) is 11.3. The van der Waals surface area contributed by atoms with Gasteiger partial charge in [-0.05, 0) is 42.5 Å². The highest BCUT2D eigenvalue weighted by atomic mass is 35.5. The summed E-state index contributed by atoms with van der Waals surface area (Å²) in [6.45, 7) is 0.0674. The van der Waals surface area contributed by atoms with Crippen LogP contribution in [0.3, 0.4) is 0 Å². The molecule has 4 nitrogen and oxygen atoms in total. The Morgan fingerprint density at radius 2 is 2.00 bits per heavy atom. The zero-order chi connectivity index (χ0) is 13.9. The lowest BCUT2D eigenvalue weighted by Crippen LogP contribution is -2.31. The molecule has 1 aromatic rings. The van der Waals surface area contributed by atoms with Gasteiger partial charge in [-0.2, -0.15) is 0 Å². The van der Waals surface area contributed by atoms with E-state index < -0.39 is 16.1 Å². The van der Waals surface area contributed by atoms with E-state index in [9.17, 15) is 13.5 Å². The van der Waals surface area contributed by atoms with Crippen LogP contribution < -0.4 is 4.72 Å². The van der Waals surface area contributed by atoms with Gasteiger partial charge in [-0.25, -0.2) is 13.1 Å². The van der Waals surface area contributed by atoms with Crippen molar-refractivity contribution in [3.63, 3.8) is 0 Å². The molecule has 1 saturated carbocycles. The van der Waals surface area contributed by atoms with Gasteiger partial charge in [-0.15, -0.1) is 0 Å². The maximum atomic E-state index is 11.7. The Kier molecular flexibility index (Phi) is 4.62. The molecular weight excluding hydrogens is 286 g/mol. The third kappa shape index (κ3) is 4.95. The summed E-state index contributed by atoms with van der Waals surface area (Å²) in [6.07, 6.45) is 2.86. The molecule has 0 amide bonds. The van der Waals surface area contributed by atoms with Crippen molar-refractivity contribution in [1.82, 2.24) is 4.72 Å². The number of nitrogens with one attached hydrogen (secondary N) is 1. The molecule has 1 fully saturated rings. The molecule has 2 rings (SSSR count). The number of halogens is 1. The van der Waals surface area contributed by atoms with Crippen molar-refractivity contribution < 1.29 is 13.5 Å². The predicted octanol–water partition coefficient (Wildman–Crippen LogP) is 2.00. The van der Waals surface area contributed by atoms with Gasteiger partial charge in [0, 0.05) is 17.0 Å².